The molecule has 0 spiro atoms. The topological polar surface area (TPSA) is 109 Å². The fourth-order valence-corrected chi connectivity index (χ4v) is 2.92. The molecule has 3 N–H and O–H groups in total. The van der Waals surface area contributed by atoms with Gasteiger partial charge in [-0.25, -0.2) is 5.43 Å². The third-order valence-corrected chi connectivity index (χ3v) is 4.62. The number of carbonyl (C=O) groups excluding carboxylic acids is 2. The summed E-state index contributed by atoms with van der Waals surface area (Å²) in [5.74, 6) is -0.0507. The van der Waals surface area contributed by atoms with Crippen LogP contribution < -0.4 is 20.2 Å². The van der Waals surface area contributed by atoms with Crippen LogP contribution in [0.25, 0.3) is 6.08 Å². The molecule has 0 aliphatic rings. The van der Waals surface area contributed by atoms with Gasteiger partial charge in [0.2, 0.25) is 0 Å². The number of carbonyl (C=O) groups is 2. The SMILES string of the molecule is CCOc1cc(/C=N\NC(=O)/C(=C\c2ccc(OC)cc2)NC(=O)c2ccccc2)ccc1O. The lowest BCUT2D eigenvalue weighted by Crippen LogP contribution is -2.32. The average Bonchev–Trinajstić information content (AvgIpc) is 2.86. The Morgan fingerprint density at radius 1 is 1.00 bits per heavy atom. The quantitative estimate of drug-likeness (QED) is 0.257. The van der Waals surface area contributed by atoms with E-state index < -0.39 is 11.8 Å². The molecule has 0 radical (unpaired) electrons. The van der Waals surface area contributed by atoms with Crippen LogP contribution >= 0.6 is 0 Å². The maximum absolute atomic E-state index is 12.9. The van der Waals surface area contributed by atoms with E-state index in [4.69, 9.17) is 9.47 Å². The van der Waals surface area contributed by atoms with E-state index >= 15 is 0 Å². The number of phenolic OH excluding ortho intramolecular Hbond substituents is 1. The smallest absolute Gasteiger partial charge is 0.287 e. The van der Waals surface area contributed by atoms with E-state index in [1.807, 2.05) is 0 Å². The molecule has 0 aliphatic carbocycles. The first kappa shape index (κ1) is 24.1. The van der Waals surface area contributed by atoms with Crippen molar-refractivity contribution in [2.45, 2.75) is 6.92 Å². The minimum Gasteiger partial charge on any atom is -0.504 e. The number of aromatic hydroxyl groups is 1. The molecule has 0 unspecified atom stereocenters. The number of amides is 2. The Balaban J connectivity index is 1.79. The van der Waals surface area contributed by atoms with E-state index in [-0.39, 0.29) is 11.4 Å². The third-order valence-electron chi connectivity index (χ3n) is 4.62. The number of nitrogens with zero attached hydrogens (tertiary/aromatic N) is 1. The Labute approximate surface area is 197 Å². The van der Waals surface area contributed by atoms with Crippen molar-refractivity contribution < 1.29 is 24.2 Å². The fraction of sp³-hybridized carbons (Fsp3) is 0.115. The molecule has 0 atom stereocenters. The third kappa shape index (κ3) is 6.70. The molecule has 0 saturated heterocycles. The summed E-state index contributed by atoms with van der Waals surface area (Å²) in [6, 6.07) is 20.3. The summed E-state index contributed by atoms with van der Waals surface area (Å²) in [6.07, 6.45) is 2.95. The van der Waals surface area contributed by atoms with Gasteiger partial charge >= 0.3 is 0 Å². The Hall–Kier alpha value is -4.59. The van der Waals surface area contributed by atoms with E-state index in [0.717, 1.165) is 0 Å². The molecule has 3 aromatic carbocycles. The molecule has 3 rings (SSSR count). The van der Waals surface area contributed by atoms with Crippen molar-refractivity contribution in [1.29, 1.82) is 0 Å². The highest BCUT2D eigenvalue weighted by Gasteiger charge is 2.14. The first-order valence-corrected chi connectivity index (χ1v) is 10.5. The molecule has 8 nitrogen and oxygen atoms in total. The highest BCUT2D eigenvalue weighted by atomic mass is 16.5. The Morgan fingerprint density at radius 3 is 2.38 bits per heavy atom. The summed E-state index contributed by atoms with van der Waals surface area (Å²) in [5, 5.41) is 16.4. The zero-order valence-corrected chi connectivity index (χ0v) is 18.8. The maximum Gasteiger partial charge on any atom is 0.287 e. The number of ether oxygens (including phenoxy) is 2. The molecule has 0 aliphatic heterocycles. The van der Waals surface area contributed by atoms with Crippen molar-refractivity contribution in [3.05, 3.63) is 95.2 Å². The summed E-state index contributed by atoms with van der Waals surface area (Å²) in [5.41, 5.74) is 4.13. The highest BCUT2D eigenvalue weighted by molar-refractivity contribution is 6.05. The van der Waals surface area contributed by atoms with Gasteiger partial charge in [-0.05, 0) is 66.6 Å². The molecule has 0 heterocycles. The van der Waals surface area contributed by atoms with Gasteiger partial charge < -0.3 is 19.9 Å². The number of hydrogen-bond donors (Lipinski definition) is 3. The van der Waals surface area contributed by atoms with Gasteiger partial charge in [-0.3, -0.25) is 9.59 Å². The molecule has 3 aromatic rings. The van der Waals surface area contributed by atoms with Crippen molar-refractivity contribution in [2.24, 2.45) is 5.10 Å². The van der Waals surface area contributed by atoms with Crippen molar-refractivity contribution in [1.82, 2.24) is 10.7 Å². The molecule has 0 saturated carbocycles. The maximum atomic E-state index is 12.9. The number of phenols is 1. The van der Waals surface area contributed by atoms with Gasteiger partial charge in [0.1, 0.15) is 11.4 Å². The summed E-state index contributed by atoms with van der Waals surface area (Å²) >= 11 is 0. The summed E-state index contributed by atoms with van der Waals surface area (Å²) in [7, 11) is 1.56. The van der Waals surface area contributed by atoms with E-state index in [1.54, 1.807) is 86.8 Å². The summed E-state index contributed by atoms with van der Waals surface area (Å²) < 4.78 is 10.5. The van der Waals surface area contributed by atoms with Gasteiger partial charge in [-0.1, -0.05) is 30.3 Å². The number of hydrogen-bond acceptors (Lipinski definition) is 6. The van der Waals surface area contributed by atoms with Crippen LogP contribution in [0, 0.1) is 0 Å². The van der Waals surface area contributed by atoms with E-state index in [9.17, 15) is 14.7 Å². The van der Waals surface area contributed by atoms with Crippen molar-refractivity contribution in [3.8, 4) is 17.2 Å². The minimum absolute atomic E-state index is 0.0105. The molecular formula is C26H25N3O5. The van der Waals surface area contributed by atoms with Crippen LogP contribution in [-0.2, 0) is 4.79 Å². The molecule has 0 fully saturated rings. The first-order valence-electron chi connectivity index (χ1n) is 10.5. The van der Waals surface area contributed by atoms with E-state index in [2.05, 4.69) is 15.8 Å². The largest absolute Gasteiger partial charge is 0.504 e. The number of rotatable bonds is 9. The molecule has 8 heteroatoms. The molecule has 0 aromatic heterocycles. The van der Waals surface area contributed by atoms with E-state index in [0.29, 0.717) is 34.8 Å². The predicted octanol–water partition coefficient (Wildman–Crippen LogP) is 3.72. The van der Waals surface area contributed by atoms with Crippen molar-refractivity contribution in [2.75, 3.05) is 13.7 Å². The first-order chi connectivity index (χ1) is 16.5. The predicted molar refractivity (Wildman–Crippen MR) is 130 cm³/mol. The van der Waals surface area contributed by atoms with Crippen LogP contribution in [0.15, 0.2) is 83.6 Å². The highest BCUT2D eigenvalue weighted by Crippen LogP contribution is 2.26. The summed E-state index contributed by atoms with van der Waals surface area (Å²) in [6.45, 7) is 2.20. The van der Waals surface area contributed by atoms with Crippen LogP contribution in [0.2, 0.25) is 0 Å². The Morgan fingerprint density at radius 2 is 1.71 bits per heavy atom. The number of nitrogens with one attached hydrogen (secondary N) is 2. The number of hydrazone groups is 1. The molecule has 174 valence electrons. The molecular weight excluding hydrogens is 434 g/mol. The van der Waals surface area contributed by atoms with Gasteiger partial charge in [-0.2, -0.15) is 5.10 Å². The van der Waals surface area contributed by atoms with Crippen LogP contribution in [0.1, 0.15) is 28.4 Å². The second-order valence-corrected chi connectivity index (χ2v) is 7.01. The van der Waals surface area contributed by atoms with Gasteiger partial charge in [0.05, 0.1) is 19.9 Å². The summed E-state index contributed by atoms with van der Waals surface area (Å²) in [4.78, 5) is 25.5. The number of methoxy groups -OCH3 is 1. The Kier molecular flexibility index (Phi) is 8.40. The second kappa shape index (κ2) is 11.9. The van der Waals surface area contributed by atoms with Crippen LogP contribution in [0.4, 0.5) is 0 Å². The molecule has 2 amide bonds. The van der Waals surface area contributed by atoms with E-state index in [1.165, 1.54) is 12.3 Å². The fourth-order valence-electron chi connectivity index (χ4n) is 2.92. The lowest BCUT2D eigenvalue weighted by Gasteiger charge is -2.10. The zero-order chi connectivity index (χ0) is 24.3. The van der Waals surface area contributed by atoms with Gasteiger partial charge in [0.15, 0.2) is 11.5 Å². The van der Waals surface area contributed by atoms with Crippen LogP contribution in [0.3, 0.4) is 0 Å². The normalized spacial score (nSPS) is 11.2. The molecule has 34 heavy (non-hydrogen) atoms. The standard InChI is InChI=1S/C26H25N3O5/c1-3-34-24-16-19(11-14-23(24)30)17-27-29-26(32)22(15-18-9-12-21(33-2)13-10-18)28-25(31)20-7-5-4-6-8-20/h4-17,30H,3H2,1-2H3,(H,28,31)(H,29,32)/b22-15+,27-17-. The van der Waals surface area contributed by atoms with Crippen molar-refractivity contribution in [3.63, 3.8) is 0 Å². The second-order valence-electron chi connectivity index (χ2n) is 7.01. The number of benzene rings is 3. The monoisotopic (exact) mass is 459 g/mol. The lowest BCUT2D eigenvalue weighted by molar-refractivity contribution is -0.117. The molecule has 0 bridgehead atoms. The Bertz CT molecular complexity index is 1190. The lowest BCUT2D eigenvalue weighted by atomic mass is 10.1. The minimum atomic E-state index is -0.611. The van der Waals surface area contributed by atoms with Crippen LogP contribution in [0.5, 0.6) is 17.2 Å². The van der Waals surface area contributed by atoms with Gasteiger partial charge in [0.25, 0.3) is 11.8 Å². The zero-order valence-electron chi connectivity index (χ0n) is 18.8. The van der Waals surface area contributed by atoms with Gasteiger partial charge in [-0.15, -0.1) is 0 Å². The van der Waals surface area contributed by atoms with Crippen molar-refractivity contribution >= 4 is 24.1 Å². The average molecular weight is 460 g/mol. The van der Waals surface area contributed by atoms with Crippen LogP contribution in [-0.4, -0.2) is 36.9 Å². The van der Waals surface area contributed by atoms with Gasteiger partial charge in [0, 0.05) is 5.56 Å².